The Morgan fingerprint density at radius 2 is 2.22 bits per heavy atom. The van der Waals surface area contributed by atoms with Gasteiger partial charge in [-0.05, 0) is 26.3 Å². The van der Waals surface area contributed by atoms with Crippen LogP contribution in [0.15, 0.2) is 0 Å². The molecular formula is C12H24N2O3S. The monoisotopic (exact) mass is 276 g/mol. The molecule has 2 unspecified atom stereocenters. The average molecular weight is 276 g/mol. The highest BCUT2D eigenvalue weighted by atomic mass is 32.2. The van der Waals surface area contributed by atoms with Crippen molar-refractivity contribution in [2.75, 3.05) is 44.4 Å². The zero-order valence-electron chi connectivity index (χ0n) is 11.1. The summed E-state index contributed by atoms with van der Waals surface area (Å²) in [5, 5.41) is 3.45. The van der Waals surface area contributed by atoms with Gasteiger partial charge in [0.2, 0.25) is 0 Å². The molecule has 0 aliphatic carbocycles. The lowest BCUT2D eigenvalue weighted by molar-refractivity contribution is 0.0627. The molecule has 18 heavy (non-hydrogen) atoms. The van der Waals surface area contributed by atoms with Gasteiger partial charge in [-0.15, -0.1) is 0 Å². The minimum Gasteiger partial charge on any atom is -0.379 e. The normalized spacial score (nSPS) is 31.7. The molecule has 2 rings (SSSR count). The predicted molar refractivity (Wildman–Crippen MR) is 71.5 cm³/mol. The van der Waals surface area contributed by atoms with Crippen LogP contribution in [0.25, 0.3) is 0 Å². The highest BCUT2D eigenvalue weighted by molar-refractivity contribution is 7.91. The summed E-state index contributed by atoms with van der Waals surface area (Å²) in [6.45, 7) is 6.26. The van der Waals surface area contributed by atoms with E-state index in [1.807, 2.05) is 0 Å². The van der Waals surface area contributed by atoms with Crippen LogP contribution in [-0.4, -0.2) is 69.8 Å². The van der Waals surface area contributed by atoms with Crippen molar-refractivity contribution in [2.45, 2.75) is 31.8 Å². The third kappa shape index (κ3) is 4.19. The van der Waals surface area contributed by atoms with E-state index in [1.54, 1.807) is 0 Å². The third-order valence-electron chi connectivity index (χ3n) is 3.84. The second-order valence-electron chi connectivity index (χ2n) is 5.35. The smallest absolute Gasteiger partial charge is 0.151 e. The van der Waals surface area contributed by atoms with Crippen LogP contribution in [0.5, 0.6) is 0 Å². The lowest BCUT2D eigenvalue weighted by Crippen LogP contribution is -2.46. The number of ether oxygens (including phenoxy) is 1. The molecule has 2 heterocycles. The molecule has 0 bridgehead atoms. The van der Waals surface area contributed by atoms with Crippen molar-refractivity contribution < 1.29 is 13.2 Å². The molecule has 2 atom stereocenters. The molecule has 0 amide bonds. The first-order valence-electron chi connectivity index (χ1n) is 6.82. The van der Waals surface area contributed by atoms with Crippen molar-refractivity contribution in [1.29, 1.82) is 0 Å². The lowest BCUT2D eigenvalue weighted by Gasteiger charge is -2.32. The van der Waals surface area contributed by atoms with Crippen LogP contribution in [-0.2, 0) is 14.6 Å². The number of hydrogen-bond donors (Lipinski definition) is 1. The Hall–Kier alpha value is -0.170. The first kappa shape index (κ1) is 14.2. The summed E-state index contributed by atoms with van der Waals surface area (Å²) >= 11 is 0. The number of hydrogen-bond acceptors (Lipinski definition) is 5. The fourth-order valence-corrected chi connectivity index (χ4v) is 4.02. The molecule has 1 N–H and O–H groups in total. The molecule has 2 saturated heterocycles. The summed E-state index contributed by atoms with van der Waals surface area (Å²) < 4.78 is 28.6. The standard InChI is InChI=1S/C12H24N2O3S/c1-11(9-12-10-17-6-3-13-12)14-4-2-7-18(15,16)8-5-14/h11-13H,2-10H2,1H3. The summed E-state index contributed by atoms with van der Waals surface area (Å²) in [5.74, 6) is 0.660. The van der Waals surface area contributed by atoms with Crippen LogP contribution in [0.1, 0.15) is 19.8 Å². The van der Waals surface area contributed by atoms with Crippen LogP contribution in [0, 0.1) is 0 Å². The number of sulfone groups is 1. The Bertz CT molecular complexity index is 352. The second kappa shape index (κ2) is 6.32. The Kier molecular flexibility index (Phi) is 5.00. The van der Waals surface area contributed by atoms with E-state index < -0.39 is 9.84 Å². The Balaban J connectivity index is 1.82. The van der Waals surface area contributed by atoms with Crippen LogP contribution < -0.4 is 5.32 Å². The van der Waals surface area contributed by atoms with Crippen molar-refractivity contribution >= 4 is 9.84 Å². The average Bonchev–Trinajstić information content (AvgIpc) is 2.51. The van der Waals surface area contributed by atoms with Crippen LogP contribution in [0.4, 0.5) is 0 Å². The third-order valence-corrected chi connectivity index (χ3v) is 5.55. The van der Waals surface area contributed by atoms with Crippen LogP contribution in [0.2, 0.25) is 0 Å². The molecule has 106 valence electrons. The van der Waals surface area contributed by atoms with Gasteiger partial charge in [-0.1, -0.05) is 0 Å². The molecule has 5 nitrogen and oxygen atoms in total. The van der Waals surface area contributed by atoms with Gasteiger partial charge in [-0.25, -0.2) is 8.42 Å². The zero-order chi connectivity index (χ0) is 13.0. The molecular weight excluding hydrogens is 252 g/mol. The van der Waals surface area contributed by atoms with Crippen molar-refractivity contribution in [1.82, 2.24) is 10.2 Å². The molecule has 2 fully saturated rings. The summed E-state index contributed by atoms with van der Waals surface area (Å²) in [4.78, 5) is 2.31. The van der Waals surface area contributed by atoms with E-state index in [2.05, 4.69) is 17.1 Å². The van der Waals surface area contributed by atoms with Gasteiger partial charge in [-0.2, -0.15) is 0 Å². The fourth-order valence-electron chi connectivity index (χ4n) is 2.73. The van der Waals surface area contributed by atoms with Gasteiger partial charge >= 0.3 is 0 Å². The molecule has 2 aliphatic heterocycles. The van der Waals surface area contributed by atoms with Crippen molar-refractivity contribution in [3.8, 4) is 0 Å². The second-order valence-corrected chi connectivity index (χ2v) is 7.66. The van der Waals surface area contributed by atoms with Crippen LogP contribution in [0.3, 0.4) is 0 Å². The Morgan fingerprint density at radius 3 is 2.94 bits per heavy atom. The highest BCUT2D eigenvalue weighted by Gasteiger charge is 2.24. The molecule has 0 spiro atoms. The van der Waals surface area contributed by atoms with E-state index >= 15 is 0 Å². The summed E-state index contributed by atoms with van der Waals surface area (Å²) in [6.07, 6.45) is 1.79. The first-order valence-corrected chi connectivity index (χ1v) is 8.64. The minimum absolute atomic E-state index is 0.311. The van der Waals surface area contributed by atoms with Gasteiger partial charge in [-0.3, -0.25) is 4.90 Å². The van der Waals surface area contributed by atoms with E-state index in [4.69, 9.17) is 4.74 Å². The maximum atomic E-state index is 11.6. The predicted octanol–water partition coefficient (Wildman–Crippen LogP) is -0.126. The van der Waals surface area contributed by atoms with Crippen molar-refractivity contribution in [3.63, 3.8) is 0 Å². The first-order chi connectivity index (χ1) is 8.57. The van der Waals surface area contributed by atoms with Crippen molar-refractivity contribution in [3.05, 3.63) is 0 Å². The van der Waals surface area contributed by atoms with Gasteiger partial charge in [0.15, 0.2) is 9.84 Å². The van der Waals surface area contributed by atoms with Crippen LogP contribution >= 0.6 is 0 Å². The van der Waals surface area contributed by atoms with Gasteiger partial charge in [0.1, 0.15) is 0 Å². The van der Waals surface area contributed by atoms with Gasteiger partial charge in [0, 0.05) is 25.2 Å². The van der Waals surface area contributed by atoms with E-state index in [1.165, 1.54) is 0 Å². The number of morpholine rings is 1. The number of nitrogens with zero attached hydrogens (tertiary/aromatic N) is 1. The maximum Gasteiger partial charge on any atom is 0.151 e. The van der Waals surface area contributed by atoms with Gasteiger partial charge in [0.05, 0.1) is 24.7 Å². The number of rotatable bonds is 3. The molecule has 0 aromatic carbocycles. The summed E-state index contributed by atoms with van der Waals surface area (Å²) in [7, 11) is -2.80. The van der Waals surface area contributed by atoms with E-state index in [0.717, 1.165) is 39.1 Å². The Morgan fingerprint density at radius 1 is 1.39 bits per heavy atom. The fraction of sp³-hybridized carbons (Fsp3) is 1.00. The summed E-state index contributed by atoms with van der Waals surface area (Å²) in [6, 6.07) is 0.825. The largest absolute Gasteiger partial charge is 0.379 e. The van der Waals surface area contributed by atoms with E-state index in [0.29, 0.717) is 30.1 Å². The number of nitrogens with one attached hydrogen (secondary N) is 1. The van der Waals surface area contributed by atoms with E-state index in [-0.39, 0.29) is 0 Å². The Labute approximate surface area is 110 Å². The maximum absolute atomic E-state index is 11.6. The zero-order valence-corrected chi connectivity index (χ0v) is 11.9. The topological polar surface area (TPSA) is 58.6 Å². The van der Waals surface area contributed by atoms with Gasteiger partial charge in [0.25, 0.3) is 0 Å². The molecule has 2 aliphatic rings. The molecule has 6 heteroatoms. The molecule has 0 aromatic heterocycles. The molecule has 0 radical (unpaired) electrons. The highest BCUT2D eigenvalue weighted by Crippen LogP contribution is 2.13. The quantitative estimate of drug-likeness (QED) is 0.778. The molecule has 0 saturated carbocycles. The molecule has 0 aromatic rings. The van der Waals surface area contributed by atoms with Gasteiger partial charge < -0.3 is 10.1 Å². The minimum atomic E-state index is -2.80. The lowest BCUT2D eigenvalue weighted by atomic mass is 10.1. The van der Waals surface area contributed by atoms with E-state index in [9.17, 15) is 8.42 Å². The van der Waals surface area contributed by atoms with Crippen molar-refractivity contribution in [2.24, 2.45) is 0 Å². The summed E-state index contributed by atoms with van der Waals surface area (Å²) in [5.41, 5.74) is 0. The SMILES string of the molecule is CC(CC1COCCN1)N1CCCS(=O)(=O)CC1.